The highest BCUT2D eigenvalue weighted by atomic mass is 35.5. The molecule has 1 aromatic carbocycles. The molecule has 1 saturated heterocycles. The molecule has 0 bridgehead atoms. The Morgan fingerprint density at radius 2 is 1.85 bits per heavy atom. The smallest absolute Gasteiger partial charge is 0.339 e. The molecule has 0 saturated carbocycles. The van der Waals surface area contributed by atoms with E-state index in [9.17, 15) is 4.79 Å². The fourth-order valence-corrected chi connectivity index (χ4v) is 4.42. The summed E-state index contributed by atoms with van der Waals surface area (Å²) in [5, 5.41) is 2.70. The zero-order valence-electron chi connectivity index (χ0n) is 14.9. The van der Waals surface area contributed by atoms with Gasteiger partial charge in [0.1, 0.15) is 10.6 Å². The fourth-order valence-electron chi connectivity index (χ4n) is 3.30. The molecule has 0 amide bonds. The summed E-state index contributed by atoms with van der Waals surface area (Å²) in [6.07, 6.45) is 0. The van der Waals surface area contributed by atoms with Gasteiger partial charge in [-0.1, -0.05) is 18.2 Å². The van der Waals surface area contributed by atoms with Crippen LogP contribution in [0.3, 0.4) is 0 Å². The van der Waals surface area contributed by atoms with E-state index >= 15 is 0 Å². The van der Waals surface area contributed by atoms with Crippen LogP contribution >= 0.6 is 22.9 Å². The molecular weight excluding hydrogens is 384 g/mol. The van der Waals surface area contributed by atoms with E-state index < -0.39 is 0 Å². The third kappa shape index (κ3) is 3.57. The number of ether oxygens (including phenoxy) is 1. The standard InChI is InChI=1S/C19H19ClN4O2S/c1-2-26-18(25)14-12-27-17-15(14)16(21-19(20)22-17)24-10-8-23(9-11-24)13-6-4-3-5-7-13/h3-7,12H,2,8-11H2,1H3. The van der Waals surface area contributed by atoms with Gasteiger partial charge in [0.25, 0.3) is 0 Å². The van der Waals surface area contributed by atoms with E-state index in [1.165, 1.54) is 17.0 Å². The Bertz CT molecular complexity index is 955. The molecule has 0 aliphatic carbocycles. The first-order chi connectivity index (χ1) is 13.2. The van der Waals surface area contributed by atoms with E-state index in [0.29, 0.717) is 22.8 Å². The third-order valence-corrected chi connectivity index (χ3v) is 5.62. The molecule has 3 aromatic rings. The van der Waals surface area contributed by atoms with Gasteiger partial charge >= 0.3 is 5.97 Å². The topological polar surface area (TPSA) is 58.6 Å². The second kappa shape index (κ2) is 7.70. The van der Waals surface area contributed by atoms with Crippen LogP contribution in [0.15, 0.2) is 35.7 Å². The highest BCUT2D eigenvalue weighted by Gasteiger charge is 2.25. The number of para-hydroxylation sites is 1. The predicted octanol–water partition coefficient (Wildman–Crippen LogP) is 3.85. The monoisotopic (exact) mass is 402 g/mol. The molecule has 6 nitrogen and oxygen atoms in total. The van der Waals surface area contributed by atoms with Gasteiger partial charge in [0, 0.05) is 37.2 Å². The zero-order valence-corrected chi connectivity index (χ0v) is 16.5. The number of nitrogens with zero attached hydrogens (tertiary/aromatic N) is 4. The van der Waals surface area contributed by atoms with Gasteiger partial charge in [-0.05, 0) is 30.7 Å². The van der Waals surface area contributed by atoms with Crippen LogP contribution in [-0.4, -0.2) is 48.7 Å². The van der Waals surface area contributed by atoms with Crippen LogP contribution in [0.5, 0.6) is 0 Å². The number of halogens is 1. The number of hydrogen-bond acceptors (Lipinski definition) is 7. The van der Waals surface area contributed by atoms with Gasteiger partial charge in [0.15, 0.2) is 0 Å². The Morgan fingerprint density at radius 3 is 2.56 bits per heavy atom. The largest absolute Gasteiger partial charge is 0.462 e. The van der Waals surface area contributed by atoms with E-state index in [1.54, 1.807) is 12.3 Å². The van der Waals surface area contributed by atoms with Crippen LogP contribution in [0.1, 0.15) is 17.3 Å². The van der Waals surface area contributed by atoms with Gasteiger partial charge in [-0.25, -0.2) is 9.78 Å². The number of aromatic nitrogens is 2. The Hall–Kier alpha value is -2.38. The molecule has 4 rings (SSSR count). The van der Waals surface area contributed by atoms with Crippen molar-refractivity contribution in [2.45, 2.75) is 6.92 Å². The van der Waals surface area contributed by atoms with E-state index in [4.69, 9.17) is 16.3 Å². The average molecular weight is 403 g/mol. The molecule has 27 heavy (non-hydrogen) atoms. The lowest BCUT2D eigenvalue weighted by atomic mass is 10.2. The maximum Gasteiger partial charge on any atom is 0.339 e. The molecule has 1 aliphatic heterocycles. The highest BCUT2D eigenvalue weighted by molar-refractivity contribution is 7.17. The molecule has 0 atom stereocenters. The average Bonchev–Trinajstić information content (AvgIpc) is 3.12. The van der Waals surface area contributed by atoms with Gasteiger partial charge in [0.05, 0.1) is 17.6 Å². The van der Waals surface area contributed by atoms with Gasteiger partial charge in [-0.2, -0.15) is 4.98 Å². The van der Waals surface area contributed by atoms with E-state index in [2.05, 4.69) is 31.9 Å². The molecule has 0 N–H and O–H groups in total. The summed E-state index contributed by atoms with van der Waals surface area (Å²) in [4.78, 5) is 26.3. The summed E-state index contributed by atoms with van der Waals surface area (Å²) in [6.45, 7) is 5.43. The minimum absolute atomic E-state index is 0.195. The van der Waals surface area contributed by atoms with Crippen LogP contribution in [0.2, 0.25) is 5.28 Å². The van der Waals surface area contributed by atoms with Gasteiger partial charge in [-0.15, -0.1) is 11.3 Å². The molecule has 0 spiro atoms. The highest BCUT2D eigenvalue weighted by Crippen LogP contribution is 2.34. The van der Waals surface area contributed by atoms with Crippen molar-refractivity contribution < 1.29 is 9.53 Å². The third-order valence-electron chi connectivity index (χ3n) is 4.58. The number of esters is 1. The van der Waals surface area contributed by atoms with Crippen molar-refractivity contribution in [3.05, 3.63) is 46.6 Å². The van der Waals surface area contributed by atoms with Crippen molar-refractivity contribution in [2.75, 3.05) is 42.6 Å². The first kappa shape index (κ1) is 18.0. The molecule has 0 radical (unpaired) electrons. The first-order valence-electron chi connectivity index (χ1n) is 8.84. The van der Waals surface area contributed by atoms with Crippen LogP contribution in [0.4, 0.5) is 11.5 Å². The van der Waals surface area contributed by atoms with Gasteiger partial charge < -0.3 is 14.5 Å². The lowest BCUT2D eigenvalue weighted by Crippen LogP contribution is -2.47. The maximum absolute atomic E-state index is 12.3. The Labute approximate surface area is 166 Å². The predicted molar refractivity (Wildman–Crippen MR) is 109 cm³/mol. The minimum atomic E-state index is -0.348. The summed E-state index contributed by atoms with van der Waals surface area (Å²) in [7, 11) is 0. The normalized spacial score (nSPS) is 14.6. The van der Waals surface area contributed by atoms with Crippen molar-refractivity contribution in [1.29, 1.82) is 0 Å². The fraction of sp³-hybridized carbons (Fsp3) is 0.316. The van der Waals surface area contributed by atoms with Crippen molar-refractivity contribution in [3.63, 3.8) is 0 Å². The van der Waals surface area contributed by atoms with E-state index in [0.717, 1.165) is 31.6 Å². The number of rotatable bonds is 4. The van der Waals surface area contributed by atoms with Crippen LogP contribution in [-0.2, 0) is 4.74 Å². The Balaban J connectivity index is 1.64. The number of piperazine rings is 1. The van der Waals surface area contributed by atoms with Gasteiger partial charge in [0.2, 0.25) is 5.28 Å². The first-order valence-corrected chi connectivity index (χ1v) is 10.1. The molecule has 1 fully saturated rings. The summed E-state index contributed by atoms with van der Waals surface area (Å²) < 4.78 is 5.19. The van der Waals surface area contributed by atoms with E-state index in [-0.39, 0.29) is 11.3 Å². The number of fused-ring (bicyclic) bond motifs is 1. The Kier molecular flexibility index (Phi) is 5.13. The SMILES string of the molecule is CCOC(=O)c1csc2nc(Cl)nc(N3CCN(c4ccccc4)CC3)c12. The quantitative estimate of drug-likeness (QED) is 0.488. The number of carbonyl (C=O) groups excluding carboxylic acids is 1. The number of anilines is 2. The van der Waals surface area contributed by atoms with Crippen molar-refractivity contribution in [1.82, 2.24) is 9.97 Å². The Morgan fingerprint density at radius 1 is 1.15 bits per heavy atom. The lowest BCUT2D eigenvalue weighted by Gasteiger charge is -2.37. The van der Waals surface area contributed by atoms with Crippen molar-refractivity contribution in [2.24, 2.45) is 0 Å². The number of benzene rings is 1. The van der Waals surface area contributed by atoms with Crippen LogP contribution in [0, 0.1) is 0 Å². The summed E-state index contributed by atoms with van der Waals surface area (Å²) >= 11 is 7.53. The molecule has 3 heterocycles. The van der Waals surface area contributed by atoms with Crippen molar-refractivity contribution >= 4 is 50.6 Å². The zero-order chi connectivity index (χ0) is 18.8. The minimum Gasteiger partial charge on any atom is -0.462 e. The molecule has 1 aliphatic rings. The molecule has 0 unspecified atom stereocenters. The molecule has 8 heteroatoms. The maximum atomic E-state index is 12.3. The number of hydrogen-bond donors (Lipinski definition) is 0. The second-order valence-corrected chi connectivity index (χ2v) is 7.37. The summed E-state index contributed by atoms with van der Waals surface area (Å²) in [5.74, 6) is 0.362. The second-order valence-electron chi connectivity index (χ2n) is 6.18. The van der Waals surface area contributed by atoms with Crippen LogP contribution < -0.4 is 9.80 Å². The van der Waals surface area contributed by atoms with E-state index in [1.807, 2.05) is 18.2 Å². The lowest BCUT2D eigenvalue weighted by molar-refractivity contribution is 0.0529. The molecule has 2 aromatic heterocycles. The van der Waals surface area contributed by atoms with Gasteiger partial charge in [-0.3, -0.25) is 0 Å². The summed E-state index contributed by atoms with van der Waals surface area (Å²) in [5.41, 5.74) is 1.72. The number of carbonyl (C=O) groups is 1. The van der Waals surface area contributed by atoms with Crippen molar-refractivity contribution in [3.8, 4) is 0 Å². The molecule has 140 valence electrons. The summed E-state index contributed by atoms with van der Waals surface area (Å²) in [6, 6.07) is 10.4. The number of thiophene rings is 1. The molecular formula is C19H19ClN4O2S. The van der Waals surface area contributed by atoms with Crippen LogP contribution in [0.25, 0.3) is 10.2 Å².